The maximum atomic E-state index is 13.4. The number of amides is 1. The van der Waals surface area contributed by atoms with Gasteiger partial charge >= 0.3 is 0 Å². The summed E-state index contributed by atoms with van der Waals surface area (Å²) in [6.07, 6.45) is 1.87. The molecule has 1 amide bonds. The number of rotatable bonds is 3. The molecule has 0 saturated carbocycles. The molecule has 0 N–H and O–H groups in total. The Balaban J connectivity index is 1.76. The Morgan fingerprint density at radius 1 is 0.800 bits per heavy atom. The highest BCUT2D eigenvalue weighted by atomic mass is 16.2. The number of benzene rings is 3. The molecule has 0 fully saturated rings. The van der Waals surface area contributed by atoms with Crippen molar-refractivity contribution in [2.24, 2.45) is 0 Å². The van der Waals surface area contributed by atoms with Crippen molar-refractivity contribution >= 4 is 5.91 Å². The standard InChI is InChI=1S/C23H21NO/c25-23-21-14-8-7-11-19(21)15-16-22(20-12-5-2-6-13-20)24(23)17-18-9-3-1-4-10-18/h1-14,22H,15-17H2. The van der Waals surface area contributed by atoms with Crippen LogP contribution in [0, 0.1) is 0 Å². The van der Waals surface area contributed by atoms with Gasteiger partial charge in [0, 0.05) is 12.1 Å². The first-order valence-corrected chi connectivity index (χ1v) is 8.80. The average molecular weight is 327 g/mol. The van der Waals surface area contributed by atoms with Gasteiger partial charge in [-0.1, -0.05) is 78.9 Å². The van der Waals surface area contributed by atoms with Gasteiger partial charge in [-0.05, 0) is 35.6 Å². The molecule has 4 rings (SSSR count). The minimum atomic E-state index is 0.0984. The molecule has 0 bridgehead atoms. The Bertz CT molecular complexity index is 858. The van der Waals surface area contributed by atoms with Gasteiger partial charge in [0.05, 0.1) is 6.04 Å². The summed E-state index contributed by atoms with van der Waals surface area (Å²) >= 11 is 0. The lowest BCUT2D eigenvalue weighted by Crippen LogP contribution is -2.33. The summed E-state index contributed by atoms with van der Waals surface area (Å²) in [7, 11) is 0. The highest BCUT2D eigenvalue weighted by Gasteiger charge is 2.30. The molecule has 0 saturated heterocycles. The van der Waals surface area contributed by atoms with Gasteiger partial charge in [0.25, 0.3) is 5.91 Å². The van der Waals surface area contributed by atoms with Crippen molar-refractivity contribution in [2.75, 3.05) is 0 Å². The van der Waals surface area contributed by atoms with E-state index >= 15 is 0 Å². The molecule has 2 nitrogen and oxygen atoms in total. The fourth-order valence-corrected chi connectivity index (χ4v) is 3.68. The van der Waals surface area contributed by atoms with Crippen molar-refractivity contribution in [3.63, 3.8) is 0 Å². The Morgan fingerprint density at radius 3 is 2.20 bits per heavy atom. The van der Waals surface area contributed by atoms with Crippen LogP contribution in [0.5, 0.6) is 0 Å². The summed E-state index contributed by atoms with van der Waals surface area (Å²) in [5.74, 6) is 0.130. The first kappa shape index (κ1) is 15.6. The molecule has 25 heavy (non-hydrogen) atoms. The molecule has 1 unspecified atom stereocenters. The van der Waals surface area contributed by atoms with Gasteiger partial charge in [0.2, 0.25) is 0 Å². The van der Waals surface area contributed by atoms with Crippen LogP contribution < -0.4 is 0 Å². The number of carbonyl (C=O) groups excluding carboxylic acids is 1. The quantitative estimate of drug-likeness (QED) is 0.662. The number of hydrogen-bond acceptors (Lipinski definition) is 1. The van der Waals surface area contributed by atoms with E-state index in [1.807, 2.05) is 47.4 Å². The predicted octanol–water partition coefficient (Wildman–Crippen LogP) is 5.02. The average Bonchev–Trinajstić information content (AvgIpc) is 2.81. The molecule has 1 atom stereocenters. The van der Waals surface area contributed by atoms with Gasteiger partial charge in [-0.15, -0.1) is 0 Å². The van der Waals surface area contributed by atoms with Gasteiger partial charge < -0.3 is 4.90 Å². The van der Waals surface area contributed by atoms with Gasteiger partial charge in [-0.25, -0.2) is 0 Å². The van der Waals surface area contributed by atoms with E-state index in [4.69, 9.17) is 0 Å². The Kier molecular flexibility index (Phi) is 4.34. The zero-order chi connectivity index (χ0) is 17.1. The number of aryl methyl sites for hydroxylation is 1. The summed E-state index contributed by atoms with van der Waals surface area (Å²) in [6, 6.07) is 28.8. The topological polar surface area (TPSA) is 20.3 Å². The van der Waals surface area contributed by atoms with E-state index in [9.17, 15) is 4.79 Å². The van der Waals surface area contributed by atoms with Crippen LogP contribution in [-0.4, -0.2) is 10.8 Å². The van der Waals surface area contributed by atoms with E-state index in [-0.39, 0.29) is 11.9 Å². The highest BCUT2D eigenvalue weighted by Crippen LogP contribution is 2.33. The minimum absolute atomic E-state index is 0.0984. The lowest BCUT2D eigenvalue weighted by molar-refractivity contribution is 0.0660. The summed E-state index contributed by atoms with van der Waals surface area (Å²) in [4.78, 5) is 15.4. The molecule has 0 spiro atoms. The first-order chi connectivity index (χ1) is 12.3. The van der Waals surface area contributed by atoms with Crippen LogP contribution in [0.1, 0.15) is 39.5 Å². The Morgan fingerprint density at radius 2 is 1.44 bits per heavy atom. The molecule has 3 aromatic carbocycles. The number of carbonyl (C=O) groups is 1. The lowest BCUT2D eigenvalue weighted by Gasteiger charge is -2.31. The van der Waals surface area contributed by atoms with Gasteiger partial charge in [-0.3, -0.25) is 4.79 Å². The van der Waals surface area contributed by atoms with Crippen LogP contribution in [0.4, 0.5) is 0 Å². The van der Waals surface area contributed by atoms with Crippen LogP contribution in [0.3, 0.4) is 0 Å². The second kappa shape index (κ2) is 6.94. The van der Waals surface area contributed by atoms with Gasteiger partial charge in [-0.2, -0.15) is 0 Å². The second-order valence-corrected chi connectivity index (χ2v) is 6.54. The molecule has 3 aromatic rings. The van der Waals surface area contributed by atoms with Crippen molar-refractivity contribution in [1.29, 1.82) is 0 Å². The van der Waals surface area contributed by atoms with Gasteiger partial charge in [0.1, 0.15) is 0 Å². The van der Waals surface area contributed by atoms with Crippen LogP contribution >= 0.6 is 0 Å². The normalized spacial score (nSPS) is 17.0. The molecule has 2 heteroatoms. The van der Waals surface area contributed by atoms with Crippen LogP contribution in [0.15, 0.2) is 84.9 Å². The highest BCUT2D eigenvalue weighted by molar-refractivity contribution is 5.96. The Hall–Kier alpha value is -2.87. The monoisotopic (exact) mass is 327 g/mol. The molecule has 1 aliphatic rings. The zero-order valence-corrected chi connectivity index (χ0v) is 14.1. The zero-order valence-electron chi connectivity index (χ0n) is 14.1. The van der Waals surface area contributed by atoms with Crippen LogP contribution in [-0.2, 0) is 13.0 Å². The maximum absolute atomic E-state index is 13.4. The fourth-order valence-electron chi connectivity index (χ4n) is 3.68. The first-order valence-electron chi connectivity index (χ1n) is 8.80. The molecule has 124 valence electrons. The molecule has 1 aliphatic heterocycles. The van der Waals surface area contributed by atoms with Gasteiger partial charge in [0.15, 0.2) is 0 Å². The number of nitrogens with zero attached hydrogens (tertiary/aromatic N) is 1. The summed E-state index contributed by atoms with van der Waals surface area (Å²) in [5, 5.41) is 0. The van der Waals surface area contributed by atoms with E-state index in [1.54, 1.807) is 0 Å². The van der Waals surface area contributed by atoms with E-state index in [2.05, 4.69) is 42.5 Å². The van der Waals surface area contributed by atoms with Crippen molar-refractivity contribution in [3.05, 3.63) is 107 Å². The molecule has 0 aliphatic carbocycles. The maximum Gasteiger partial charge on any atom is 0.254 e. The lowest BCUT2D eigenvalue weighted by atomic mass is 9.98. The fraction of sp³-hybridized carbons (Fsp3) is 0.174. The third-order valence-corrected chi connectivity index (χ3v) is 4.95. The minimum Gasteiger partial charge on any atom is -0.327 e. The van der Waals surface area contributed by atoms with Crippen molar-refractivity contribution in [1.82, 2.24) is 4.90 Å². The van der Waals surface area contributed by atoms with E-state index in [1.165, 1.54) is 5.56 Å². The van der Waals surface area contributed by atoms with Crippen LogP contribution in [0.25, 0.3) is 0 Å². The van der Waals surface area contributed by atoms with Crippen molar-refractivity contribution < 1.29 is 4.79 Å². The number of fused-ring (bicyclic) bond motifs is 1. The molecular weight excluding hydrogens is 306 g/mol. The second-order valence-electron chi connectivity index (χ2n) is 6.54. The van der Waals surface area contributed by atoms with Crippen LogP contribution in [0.2, 0.25) is 0 Å². The summed E-state index contributed by atoms with van der Waals surface area (Å²) < 4.78 is 0. The SMILES string of the molecule is O=C1c2ccccc2CCC(c2ccccc2)N1Cc1ccccc1. The predicted molar refractivity (Wildman–Crippen MR) is 100 cm³/mol. The third-order valence-electron chi connectivity index (χ3n) is 4.95. The van der Waals surface area contributed by atoms with Crippen molar-refractivity contribution in [2.45, 2.75) is 25.4 Å². The number of hydrogen-bond donors (Lipinski definition) is 0. The van der Waals surface area contributed by atoms with E-state index in [0.29, 0.717) is 6.54 Å². The molecule has 0 radical (unpaired) electrons. The van der Waals surface area contributed by atoms with E-state index < -0.39 is 0 Å². The molecule has 0 aromatic heterocycles. The molecular formula is C23H21NO. The third kappa shape index (κ3) is 3.20. The summed E-state index contributed by atoms with van der Waals surface area (Å²) in [6.45, 7) is 0.633. The largest absolute Gasteiger partial charge is 0.327 e. The van der Waals surface area contributed by atoms with E-state index in [0.717, 1.165) is 29.5 Å². The smallest absolute Gasteiger partial charge is 0.254 e. The van der Waals surface area contributed by atoms with Crippen molar-refractivity contribution in [3.8, 4) is 0 Å². The summed E-state index contributed by atoms with van der Waals surface area (Å²) in [5.41, 5.74) is 4.37. The molecule has 1 heterocycles. The Labute approximate surface area is 148 Å².